The quantitative estimate of drug-likeness (QED) is 0.402. The molecule has 2 rings (SSSR count). The van der Waals surface area contributed by atoms with Gasteiger partial charge in [-0.2, -0.15) is 11.8 Å². The largest absolute Gasteiger partial charge is 0.349 e. The Morgan fingerprint density at radius 1 is 1.08 bits per heavy atom. The van der Waals surface area contributed by atoms with Gasteiger partial charge in [0.1, 0.15) is 5.71 Å². The summed E-state index contributed by atoms with van der Waals surface area (Å²) < 4.78 is -0.420. The Hall–Kier alpha value is -2.94. The number of hydrogen-bond acceptors (Lipinski definition) is 7. The highest BCUT2D eigenvalue weighted by Gasteiger charge is 2.27. The molecule has 0 fully saturated rings. The summed E-state index contributed by atoms with van der Waals surface area (Å²) in [5.41, 5.74) is 0.507. The summed E-state index contributed by atoms with van der Waals surface area (Å²) in [5, 5.41) is 26.2. The molecule has 8 nitrogen and oxygen atoms in total. The van der Waals surface area contributed by atoms with E-state index in [0.717, 1.165) is 17.7 Å². The molecule has 0 bridgehead atoms. The van der Waals surface area contributed by atoms with Crippen LogP contribution in [0.4, 0.5) is 11.4 Å². The summed E-state index contributed by atoms with van der Waals surface area (Å²) in [6.45, 7) is 3.91. The third kappa shape index (κ3) is 4.37. The van der Waals surface area contributed by atoms with Gasteiger partial charge in [-0.15, -0.1) is 0 Å². The molecule has 0 aliphatic carbocycles. The fraction of sp³-hybridized carbons (Fsp3) is 0.235. The maximum absolute atomic E-state index is 11.2. The third-order valence-corrected chi connectivity index (χ3v) is 4.93. The van der Waals surface area contributed by atoms with Crippen molar-refractivity contribution in [2.75, 3.05) is 6.26 Å². The van der Waals surface area contributed by atoms with Gasteiger partial charge in [-0.05, 0) is 26.2 Å². The van der Waals surface area contributed by atoms with Gasteiger partial charge in [0.15, 0.2) is 0 Å². The first-order chi connectivity index (χ1) is 12.3. The number of non-ortho nitro benzene ring substituents is 1. The Balaban J connectivity index is 2.47. The molecule has 0 aliphatic heterocycles. The first kappa shape index (κ1) is 19.4. The maximum atomic E-state index is 11.2. The number of benzene rings is 2. The van der Waals surface area contributed by atoms with Gasteiger partial charge in [0, 0.05) is 11.6 Å². The summed E-state index contributed by atoms with van der Waals surface area (Å²) in [5.74, 6) is -0.161. The number of nitro groups is 2. The molecule has 0 radical (unpaired) electrons. The van der Waals surface area contributed by atoms with Crippen molar-refractivity contribution in [3.05, 3.63) is 74.3 Å². The summed E-state index contributed by atoms with van der Waals surface area (Å²) in [4.78, 5) is 25.9. The van der Waals surface area contributed by atoms with Crippen LogP contribution in [-0.2, 0) is 0 Å². The lowest BCUT2D eigenvalue weighted by Gasteiger charge is -2.24. The molecule has 0 heterocycles. The first-order valence-electron chi connectivity index (χ1n) is 7.55. The van der Waals surface area contributed by atoms with Crippen molar-refractivity contribution < 1.29 is 14.7 Å². The van der Waals surface area contributed by atoms with Crippen LogP contribution in [0.3, 0.4) is 0 Å². The van der Waals surface area contributed by atoms with Crippen LogP contribution in [0, 0.1) is 20.2 Å². The Kier molecular flexibility index (Phi) is 5.93. The third-order valence-electron chi connectivity index (χ3n) is 3.71. The molecule has 2 aromatic carbocycles. The molecule has 26 heavy (non-hydrogen) atoms. The van der Waals surface area contributed by atoms with Crippen molar-refractivity contribution in [1.29, 1.82) is 0 Å². The van der Waals surface area contributed by atoms with Crippen LogP contribution in [0.2, 0.25) is 0 Å². The lowest BCUT2D eigenvalue weighted by Crippen LogP contribution is -2.29. The number of oxime groups is 1. The van der Waals surface area contributed by atoms with Crippen LogP contribution in [0.25, 0.3) is 0 Å². The molecule has 136 valence electrons. The van der Waals surface area contributed by atoms with E-state index >= 15 is 0 Å². The van der Waals surface area contributed by atoms with E-state index in [1.54, 1.807) is 11.8 Å². The van der Waals surface area contributed by atoms with Crippen LogP contribution in [0.1, 0.15) is 19.4 Å². The number of hydrogen-bond donors (Lipinski definition) is 0. The van der Waals surface area contributed by atoms with Crippen molar-refractivity contribution in [3.8, 4) is 5.75 Å². The number of nitro benzene ring substituents is 2. The molecule has 0 aromatic heterocycles. The van der Waals surface area contributed by atoms with Crippen molar-refractivity contribution in [1.82, 2.24) is 0 Å². The molecule has 0 aliphatic rings. The molecule has 0 spiro atoms. The fourth-order valence-electron chi connectivity index (χ4n) is 2.14. The topological polar surface area (TPSA) is 108 Å². The Labute approximate surface area is 154 Å². The summed E-state index contributed by atoms with van der Waals surface area (Å²) in [6.07, 6.45) is 1.92. The van der Waals surface area contributed by atoms with Gasteiger partial charge in [-0.1, -0.05) is 35.5 Å². The fourth-order valence-corrected chi connectivity index (χ4v) is 2.49. The van der Waals surface area contributed by atoms with Gasteiger partial charge in [0.2, 0.25) is 5.75 Å². The molecule has 9 heteroatoms. The van der Waals surface area contributed by atoms with E-state index in [2.05, 4.69) is 5.16 Å². The van der Waals surface area contributed by atoms with Crippen LogP contribution in [0.15, 0.2) is 53.7 Å². The van der Waals surface area contributed by atoms with Gasteiger partial charge in [0.25, 0.3) is 5.69 Å². The van der Waals surface area contributed by atoms with Gasteiger partial charge >= 0.3 is 5.69 Å². The lowest BCUT2D eigenvalue weighted by atomic mass is 9.99. The first-order valence-corrected chi connectivity index (χ1v) is 8.77. The van der Waals surface area contributed by atoms with Crippen LogP contribution in [0.5, 0.6) is 5.75 Å². The second-order valence-electron chi connectivity index (χ2n) is 5.78. The monoisotopic (exact) mass is 375 g/mol. The average Bonchev–Trinajstić information content (AvgIpc) is 2.62. The average molecular weight is 375 g/mol. The SMILES string of the molecule is CSC(C)(C)/C(=N\Oc1ccc([N+](=O)[O-])cc1[N+](=O)[O-])c1ccccc1. The van der Waals surface area contributed by atoms with Gasteiger partial charge in [-0.3, -0.25) is 20.2 Å². The van der Waals surface area contributed by atoms with E-state index < -0.39 is 20.3 Å². The number of nitrogens with zero attached hydrogens (tertiary/aromatic N) is 3. The van der Waals surface area contributed by atoms with Gasteiger partial charge < -0.3 is 4.84 Å². The summed E-state index contributed by atoms with van der Waals surface area (Å²) in [6, 6.07) is 12.5. The van der Waals surface area contributed by atoms with Crippen molar-refractivity contribution >= 4 is 28.8 Å². The van der Waals surface area contributed by atoms with Gasteiger partial charge in [0.05, 0.1) is 20.7 Å². The number of rotatable bonds is 7. The molecule has 0 saturated carbocycles. The second kappa shape index (κ2) is 7.96. The minimum absolute atomic E-state index is 0.161. The predicted molar refractivity (Wildman–Crippen MR) is 101 cm³/mol. The number of thioether (sulfide) groups is 1. The molecule has 0 unspecified atom stereocenters. The van der Waals surface area contributed by atoms with Crippen LogP contribution >= 0.6 is 11.8 Å². The van der Waals surface area contributed by atoms with Crippen molar-refractivity contribution in [3.63, 3.8) is 0 Å². The minimum Gasteiger partial charge on any atom is -0.349 e. The van der Waals surface area contributed by atoms with Crippen LogP contribution in [-0.4, -0.2) is 26.6 Å². The van der Waals surface area contributed by atoms with E-state index in [4.69, 9.17) is 4.84 Å². The molecule has 0 N–H and O–H groups in total. The van der Waals surface area contributed by atoms with E-state index in [-0.39, 0.29) is 11.4 Å². The lowest BCUT2D eigenvalue weighted by molar-refractivity contribution is -0.394. The molecule has 0 atom stereocenters. The maximum Gasteiger partial charge on any atom is 0.321 e. The zero-order chi connectivity index (χ0) is 19.3. The molecule has 0 amide bonds. The minimum atomic E-state index is -0.736. The smallest absolute Gasteiger partial charge is 0.321 e. The molecule has 2 aromatic rings. The van der Waals surface area contributed by atoms with E-state index in [1.807, 2.05) is 50.4 Å². The summed E-state index contributed by atoms with van der Waals surface area (Å²) in [7, 11) is 0. The highest BCUT2D eigenvalue weighted by Crippen LogP contribution is 2.32. The van der Waals surface area contributed by atoms with E-state index in [1.165, 1.54) is 6.07 Å². The highest BCUT2D eigenvalue weighted by molar-refractivity contribution is 8.00. The zero-order valence-electron chi connectivity index (χ0n) is 14.4. The Morgan fingerprint density at radius 3 is 2.27 bits per heavy atom. The standard InChI is InChI=1S/C17H17N3O5S/c1-17(2,26-3)16(12-7-5-4-6-8-12)18-25-15-10-9-13(19(21)22)11-14(15)20(23)24/h4-11H,1-3H3/b18-16-. The van der Waals surface area contributed by atoms with Gasteiger partial charge in [-0.25, -0.2) is 0 Å². The van der Waals surface area contributed by atoms with Crippen molar-refractivity contribution in [2.24, 2.45) is 5.16 Å². The normalized spacial score (nSPS) is 11.9. The Bertz CT molecular complexity index is 853. The highest BCUT2D eigenvalue weighted by atomic mass is 32.2. The second-order valence-corrected chi connectivity index (χ2v) is 7.21. The summed E-state index contributed by atoms with van der Waals surface area (Å²) >= 11 is 1.55. The Morgan fingerprint density at radius 2 is 1.73 bits per heavy atom. The van der Waals surface area contributed by atoms with Crippen LogP contribution < -0.4 is 4.84 Å². The predicted octanol–water partition coefficient (Wildman–Crippen LogP) is 4.43. The zero-order valence-corrected chi connectivity index (χ0v) is 15.2. The molecular formula is C17H17N3O5S. The van der Waals surface area contributed by atoms with Crippen molar-refractivity contribution in [2.45, 2.75) is 18.6 Å². The van der Waals surface area contributed by atoms with E-state index in [9.17, 15) is 20.2 Å². The van der Waals surface area contributed by atoms with E-state index in [0.29, 0.717) is 5.71 Å². The molecule has 0 saturated heterocycles. The molecular weight excluding hydrogens is 358 g/mol.